The molecule has 0 saturated heterocycles. The lowest BCUT2D eigenvalue weighted by Gasteiger charge is -2.10. The maximum absolute atomic E-state index is 12.7. The van der Waals surface area contributed by atoms with Gasteiger partial charge in [-0.05, 0) is 184 Å². The number of benzene rings is 4. The van der Waals surface area contributed by atoms with Crippen LogP contribution in [0.5, 0.6) is 0 Å². The molecule has 24 nitrogen and oxygen atoms in total. The van der Waals surface area contributed by atoms with E-state index in [-0.39, 0.29) is 35.3 Å². The molecule has 0 aliphatic heterocycles. The average molecular weight is 1600 g/mol. The molecule has 14 aromatic rings. The highest BCUT2D eigenvalue weighted by Gasteiger charge is 2.18. The van der Waals surface area contributed by atoms with Gasteiger partial charge in [-0.25, -0.2) is 24.7 Å². The summed E-state index contributed by atoms with van der Waals surface area (Å²) in [4.78, 5) is 76.3. The SMILES string of the molecule is CC(C)n1cnnc1-c1cccc(N)n1.CC(C)n1cnnc1-c1cccc(NC(=O)c2cc3cc(Br)ccc3cn2)n1.CC(C)n1cnnc1-c1cccc(NC(=O)c2cc3cc(Br)ccc3cn2)n1.O=C(Cl)c1cc2cc(Br)ccc2cn1.O=C(O)c1cc2cc(Br)ccc2cn1. The fourth-order valence-corrected chi connectivity index (χ4v) is 11.1. The van der Waals surface area contributed by atoms with E-state index in [0.717, 1.165) is 72.5 Å². The summed E-state index contributed by atoms with van der Waals surface area (Å²) in [6.45, 7) is 12.3. The number of hydrogen-bond acceptors (Lipinski definition) is 18. The van der Waals surface area contributed by atoms with Gasteiger partial charge in [-0.2, -0.15) is 0 Å². The molecule has 2 amide bonds. The zero-order chi connectivity index (χ0) is 70.4. The van der Waals surface area contributed by atoms with E-state index >= 15 is 0 Å². The Labute approximate surface area is 604 Å². The van der Waals surface area contributed by atoms with Crippen LogP contribution in [-0.2, 0) is 0 Å². The normalized spacial score (nSPS) is 10.9. The summed E-state index contributed by atoms with van der Waals surface area (Å²) in [5, 5.41) is 45.5. The number of nitrogens with one attached hydrogen (secondary N) is 2. The third-order valence-electron chi connectivity index (χ3n) is 14.4. The van der Waals surface area contributed by atoms with Crippen LogP contribution in [0.15, 0.2) is 213 Å². The molecule has 10 aromatic heterocycles. The molecule has 5 N–H and O–H groups in total. The average Bonchev–Trinajstić information content (AvgIpc) is 1.82. The second-order valence-electron chi connectivity index (χ2n) is 22.5. The minimum atomic E-state index is -1.01. The van der Waals surface area contributed by atoms with Crippen LogP contribution in [0.25, 0.3) is 77.6 Å². The van der Waals surface area contributed by atoms with Gasteiger partial charge in [-0.1, -0.05) is 106 Å². The second kappa shape index (κ2) is 32.7. The monoisotopic (exact) mass is 1600 g/mol. The van der Waals surface area contributed by atoms with Crippen LogP contribution in [0.4, 0.5) is 17.5 Å². The molecule has 498 valence electrons. The Morgan fingerprint density at radius 1 is 0.414 bits per heavy atom. The van der Waals surface area contributed by atoms with E-state index < -0.39 is 11.2 Å². The number of nitrogens with two attached hydrogens (primary N) is 1. The lowest BCUT2D eigenvalue weighted by Crippen LogP contribution is -2.15. The Balaban J connectivity index is 0.000000139. The third kappa shape index (κ3) is 18.6. The van der Waals surface area contributed by atoms with Crippen molar-refractivity contribution in [2.24, 2.45) is 0 Å². The van der Waals surface area contributed by atoms with E-state index in [4.69, 9.17) is 22.4 Å². The van der Waals surface area contributed by atoms with Gasteiger partial charge >= 0.3 is 5.97 Å². The predicted molar refractivity (Wildman–Crippen MR) is 396 cm³/mol. The van der Waals surface area contributed by atoms with Crippen LogP contribution >= 0.6 is 75.3 Å². The number of pyridine rings is 7. The maximum Gasteiger partial charge on any atom is 0.354 e. The van der Waals surface area contributed by atoms with Gasteiger partial charge < -0.3 is 35.2 Å². The zero-order valence-electron chi connectivity index (χ0n) is 53.4. The van der Waals surface area contributed by atoms with Gasteiger partial charge in [0.25, 0.3) is 17.1 Å². The number of carbonyl (C=O) groups is 4. The molecule has 0 atom stereocenters. The molecule has 4 aromatic carbocycles. The summed E-state index contributed by atoms with van der Waals surface area (Å²) in [7, 11) is 0. The summed E-state index contributed by atoms with van der Waals surface area (Å²) in [6, 6.07) is 46.8. The van der Waals surface area contributed by atoms with Crippen LogP contribution in [0.2, 0.25) is 0 Å². The Morgan fingerprint density at radius 2 is 0.727 bits per heavy atom. The number of nitrogens with zero attached hydrogens (tertiary/aromatic N) is 16. The summed E-state index contributed by atoms with van der Waals surface area (Å²) in [5.41, 5.74) is 8.64. The van der Waals surface area contributed by atoms with Crippen LogP contribution in [0.3, 0.4) is 0 Å². The first kappa shape index (κ1) is 71.3. The van der Waals surface area contributed by atoms with Gasteiger partial charge in [0.1, 0.15) is 76.3 Å². The number of nitrogen functional groups attached to an aromatic ring is 1. The van der Waals surface area contributed by atoms with Crippen molar-refractivity contribution >= 4 is 159 Å². The van der Waals surface area contributed by atoms with Gasteiger partial charge in [0.05, 0.1) is 0 Å². The molecule has 0 unspecified atom stereocenters. The molecule has 0 spiro atoms. The lowest BCUT2D eigenvalue weighted by atomic mass is 10.1. The highest BCUT2D eigenvalue weighted by atomic mass is 79.9. The number of aromatic nitrogens is 16. The van der Waals surface area contributed by atoms with Crippen molar-refractivity contribution in [3.05, 3.63) is 236 Å². The van der Waals surface area contributed by atoms with E-state index in [1.54, 1.807) is 86.2 Å². The van der Waals surface area contributed by atoms with Crippen LogP contribution in [0, 0.1) is 0 Å². The van der Waals surface area contributed by atoms with Gasteiger partial charge in [-0.15, -0.1) is 30.6 Å². The number of aromatic carboxylic acids is 1. The van der Waals surface area contributed by atoms with E-state index in [1.165, 1.54) is 0 Å². The number of carboxylic acid groups (broad SMARTS) is 1. The van der Waals surface area contributed by atoms with Crippen molar-refractivity contribution in [3.8, 4) is 34.6 Å². The van der Waals surface area contributed by atoms with E-state index in [0.29, 0.717) is 57.9 Å². The van der Waals surface area contributed by atoms with E-state index in [2.05, 4.69) is 154 Å². The Hall–Kier alpha value is -10.5. The maximum atomic E-state index is 12.7. The summed E-state index contributed by atoms with van der Waals surface area (Å²) < 4.78 is 9.59. The number of anilines is 3. The molecule has 99 heavy (non-hydrogen) atoms. The van der Waals surface area contributed by atoms with Crippen LogP contribution < -0.4 is 16.4 Å². The molecule has 0 aliphatic rings. The van der Waals surface area contributed by atoms with Gasteiger partial charge in [0, 0.05) is 82.3 Å². The summed E-state index contributed by atoms with van der Waals surface area (Å²) >= 11 is 18.9. The van der Waals surface area contributed by atoms with Crippen molar-refractivity contribution in [2.45, 2.75) is 59.7 Å². The Bertz CT molecular complexity index is 5000. The van der Waals surface area contributed by atoms with Gasteiger partial charge in [-0.3, -0.25) is 29.3 Å². The molecular formula is C70H58Br4ClN19O5. The Morgan fingerprint density at radius 3 is 1.06 bits per heavy atom. The molecule has 0 bridgehead atoms. The zero-order valence-corrected chi connectivity index (χ0v) is 60.5. The number of rotatable bonds is 12. The molecular weight excluding hydrogens is 1540 g/mol. The molecule has 29 heteroatoms. The predicted octanol–water partition coefficient (Wildman–Crippen LogP) is 16.5. The van der Waals surface area contributed by atoms with Crippen molar-refractivity contribution in [3.63, 3.8) is 0 Å². The van der Waals surface area contributed by atoms with Crippen LogP contribution in [-0.4, -0.2) is 107 Å². The highest BCUT2D eigenvalue weighted by Crippen LogP contribution is 2.27. The number of carbonyl (C=O) groups excluding carboxylic acids is 3. The number of carboxylic acids is 1. The quantitative estimate of drug-likeness (QED) is 0.0826. The van der Waals surface area contributed by atoms with Crippen molar-refractivity contribution in [1.29, 1.82) is 0 Å². The molecule has 0 fully saturated rings. The minimum absolute atomic E-state index is 0.0654. The number of amides is 2. The van der Waals surface area contributed by atoms with E-state index in [9.17, 15) is 19.2 Å². The highest BCUT2D eigenvalue weighted by molar-refractivity contribution is 9.11. The third-order valence-corrected chi connectivity index (χ3v) is 16.6. The standard InChI is InChI=1S/2C20H17BrN6O.C10H5BrClNO.C10H6BrNO2.C10H13N5/c2*1-12(2)27-11-23-26-19(27)16-4-3-5-18(24-16)25-20(28)17-9-14-8-15(21)7-6-13(14)10-22-17;11-8-2-1-6-5-13-9(10(12)14)4-7(6)3-8;11-8-2-1-6-5-12-9(10(13)14)4-7(6)3-8;1-7(2)15-6-12-14-10(15)8-4-3-5-9(11)13-8/h2*3-12H,1-2H3,(H,24,25,28);1-5H;1-5H,(H,13,14);3-7H,1-2H3,(H2,11,13). The molecule has 14 rings (SSSR count). The molecule has 0 radical (unpaired) electrons. The van der Waals surface area contributed by atoms with Crippen molar-refractivity contribution in [2.75, 3.05) is 16.4 Å². The minimum Gasteiger partial charge on any atom is -0.477 e. The van der Waals surface area contributed by atoms with E-state index in [1.807, 2.05) is 151 Å². The first-order chi connectivity index (χ1) is 47.5. The van der Waals surface area contributed by atoms with Gasteiger partial charge in [0.2, 0.25) is 0 Å². The Kier molecular flexibility index (Phi) is 23.5. The second-order valence-corrected chi connectivity index (χ2v) is 26.5. The smallest absolute Gasteiger partial charge is 0.354 e. The topological polar surface area (TPSA) is 321 Å². The fourth-order valence-electron chi connectivity index (χ4n) is 9.53. The van der Waals surface area contributed by atoms with Crippen LogP contribution in [0.1, 0.15) is 102 Å². The van der Waals surface area contributed by atoms with Crippen molar-refractivity contribution in [1.82, 2.24) is 79.2 Å². The number of hydrogen-bond donors (Lipinski definition) is 4. The largest absolute Gasteiger partial charge is 0.477 e. The molecule has 0 aliphatic carbocycles. The molecule has 10 heterocycles. The fraction of sp³-hybridized carbons (Fsp3) is 0.129. The van der Waals surface area contributed by atoms with Crippen molar-refractivity contribution < 1.29 is 24.3 Å². The summed E-state index contributed by atoms with van der Waals surface area (Å²) in [6.07, 6.45) is 11.6. The first-order valence-electron chi connectivity index (χ1n) is 30.2. The number of halogens is 5. The molecule has 0 saturated carbocycles. The van der Waals surface area contributed by atoms with Gasteiger partial charge in [0.15, 0.2) is 17.5 Å². The lowest BCUT2D eigenvalue weighted by molar-refractivity contribution is 0.0690. The summed E-state index contributed by atoms with van der Waals surface area (Å²) in [5.74, 6) is 1.75. The first-order valence-corrected chi connectivity index (χ1v) is 33.7. The number of fused-ring (bicyclic) bond motifs is 4.